The van der Waals surface area contributed by atoms with Gasteiger partial charge in [-0.2, -0.15) is 10.2 Å². The van der Waals surface area contributed by atoms with Crippen LogP contribution in [0.5, 0.6) is 34.5 Å². The van der Waals surface area contributed by atoms with Crippen molar-refractivity contribution in [3.63, 3.8) is 0 Å². The van der Waals surface area contributed by atoms with E-state index in [0.29, 0.717) is 45.6 Å². The second-order valence-electron chi connectivity index (χ2n) is 7.46. The van der Waals surface area contributed by atoms with Gasteiger partial charge in [0.15, 0.2) is 34.5 Å². The van der Waals surface area contributed by atoms with Crippen LogP contribution in [-0.2, 0) is 0 Å². The van der Waals surface area contributed by atoms with Gasteiger partial charge in [-0.25, -0.2) is 10.9 Å². The van der Waals surface area contributed by atoms with Crippen LogP contribution in [0.1, 0.15) is 32.2 Å². The van der Waals surface area contributed by atoms with Gasteiger partial charge in [-0.05, 0) is 24.3 Å². The Bertz CT molecular complexity index is 1280. The van der Waals surface area contributed by atoms with Crippen LogP contribution in [0.4, 0.5) is 0 Å². The summed E-state index contributed by atoms with van der Waals surface area (Å²) >= 11 is 0. The molecule has 0 saturated heterocycles. The fourth-order valence-corrected chi connectivity index (χ4v) is 3.32. The van der Waals surface area contributed by atoms with E-state index in [1.165, 1.54) is 67.2 Å². The van der Waals surface area contributed by atoms with Crippen molar-refractivity contribution in [2.45, 2.75) is 0 Å². The molecule has 0 aliphatic heterocycles. The number of hydrogen-bond acceptors (Lipinski definition) is 11. The Kier molecular flexibility index (Phi) is 9.73. The van der Waals surface area contributed by atoms with Gasteiger partial charge in [0.05, 0.1) is 55.1 Å². The molecule has 206 valence electrons. The van der Waals surface area contributed by atoms with Crippen molar-refractivity contribution in [1.82, 2.24) is 10.9 Å². The minimum atomic E-state index is -0.677. The van der Waals surface area contributed by atoms with E-state index in [1.807, 2.05) is 0 Å². The van der Waals surface area contributed by atoms with Crippen LogP contribution in [0.15, 0.2) is 51.0 Å². The monoisotopic (exact) mass is 540 g/mol. The molecule has 2 aromatic carbocycles. The number of nitrogens with zero attached hydrogens (tertiary/aromatic N) is 2. The first kappa shape index (κ1) is 28.4. The molecule has 0 aliphatic carbocycles. The van der Waals surface area contributed by atoms with Crippen molar-refractivity contribution in [3.05, 3.63) is 59.0 Å². The highest BCUT2D eigenvalue weighted by Crippen LogP contribution is 2.34. The van der Waals surface area contributed by atoms with Gasteiger partial charge in [-0.15, -0.1) is 0 Å². The maximum atomic E-state index is 12.4. The Morgan fingerprint density at radius 2 is 0.923 bits per heavy atom. The molecule has 0 radical (unpaired) electrons. The van der Waals surface area contributed by atoms with Gasteiger partial charge in [0.25, 0.3) is 0 Å². The lowest BCUT2D eigenvalue weighted by Crippen LogP contribution is -2.18. The molecule has 3 aromatic rings. The van der Waals surface area contributed by atoms with E-state index in [1.54, 1.807) is 24.3 Å². The molecule has 0 bridgehead atoms. The van der Waals surface area contributed by atoms with E-state index in [4.69, 9.17) is 32.8 Å². The summed E-state index contributed by atoms with van der Waals surface area (Å²) in [6.07, 6.45) is 2.73. The maximum absolute atomic E-state index is 12.4. The normalized spacial score (nSPS) is 10.8. The van der Waals surface area contributed by atoms with Crippen molar-refractivity contribution in [2.24, 2.45) is 10.2 Å². The smallest absolute Gasteiger partial charge is 0.307 e. The quantitative estimate of drug-likeness (QED) is 0.261. The number of amides is 2. The number of carbonyl (C=O) groups excluding carboxylic acids is 2. The Hall–Kier alpha value is -5.20. The highest BCUT2D eigenvalue weighted by atomic mass is 16.5. The Labute approximate surface area is 224 Å². The van der Waals surface area contributed by atoms with Crippen molar-refractivity contribution in [2.75, 3.05) is 42.7 Å². The lowest BCUT2D eigenvalue weighted by molar-refractivity contribution is 0.0902. The minimum Gasteiger partial charge on any atom is -0.496 e. The summed E-state index contributed by atoms with van der Waals surface area (Å²) < 4.78 is 37.0. The zero-order valence-corrected chi connectivity index (χ0v) is 22.2. The summed E-state index contributed by atoms with van der Waals surface area (Å²) in [5.41, 5.74) is 5.71. The first-order valence-electron chi connectivity index (χ1n) is 11.3. The van der Waals surface area contributed by atoms with Crippen LogP contribution < -0.4 is 39.3 Å². The third kappa shape index (κ3) is 6.77. The zero-order valence-electron chi connectivity index (χ0n) is 22.2. The second kappa shape index (κ2) is 13.4. The van der Waals surface area contributed by atoms with Crippen LogP contribution in [0.2, 0.25) is 0 Å². The number of benzene rings is 2. The van der Waals surface area contributed by atoms with E-state index in [2.05, 4.69) is 21.1 Å². The lowest BCUT2D eigenvalue weighted by atomic mass is 10.2. The van der Waals surface area contributed by atoms with E-state index in [-0.39, 0.29) is 11.5 Å². The van der Waals surface area contributed by atoms with E-state index in [9.17, 15) is 9.59 Å². The van der Waals surface area contributed by atoms with Gasteiger partial charge >= 0.3 is 11.8 Å². The summed E-state index contributed by atoms with van der Waals surface area (Å²) in [7, 11) is 8.98. The molecule has 0 unspecified atom stereocenters. The summed E-state index contributed by atoms with van der Waals surface area (Å²) in [6, 6.07) is 9.20. The number of furan rings is 1. The van der Waals surface area contributed by atoms with Crippen molar-refractivity contribution >= 4 is 24.2 Å². The van der Waals surface area contributed by atoms with Crippen molar-refractivity contribution in [1.29, 1.82) is 0 Å². The Morgan fingerprint density at radius 1 is 0.590 bits per heavy atom. The van der Waals surface area contributed by atoms with Gasteiger partial charge in [0.1, 0.15) is 11.5 Å². The highest BCUT2D eigenvalue weighted by molar-refractivity contribution is 5.96. The number of hydrazone groups is 2. The van der Waals surface area contributed by atoms with Crippen LogP contribution in [0.25, 0.3) is 0 Å². The van der Waals surface area contributed by atoms with Crippen LogP contribution in [-0.4, -0.2) is 66.9 Å². The number of methoxy groups -OCH3 is 6. The SMILES string of the molecule is COc1cc(OC)c(OC)cc1/C=N/NC(=O)c1ccc(C(=O)N/N=C/c2cc(OC)c(OC)cc2OC)o1. The molecule has 13 nitrogen and oxygen atoms in total. The molecule has 0 fully saturated rings. The molecule has 0 atom stereocenters. The topological polar surface area (TPSA) is 151 Å². The first-order chi connectivity index (χ1) is 18.9. The standard InChI is InChI=1S/C26H28N4O9/c1-33-19-11-23(37-5)21(35-3)9-15(19)13-27-29-25(31)17-7-8-18(39-17)26(32)30-28-14-16-10-22(36-4)24(38-6)12-20(16)34-2/h7-14H,1-6H3,(H,29,31)(H,30,32)/b27-13+,28-14+. The molecule has 0 spiro atoms. The number of ether oxygens (including phenoxy) is 6. The second-order valence-corrected chi connectivity index (χ2v) is 7.46. The lowest BCUT2D eigenvalue weighted by Gasteiger charge is -2.11. The number of rotatable bonds is 12. The molecular formula is C26H28N4O9. The summed E-state index contributed by atoms with van der Waals surface area (Å²) in [5.74, 6) is 1.15. The molecule has 2 N–H and O–H groups in total. The number of nitrogens with one attached hydrogen (secondary N) is 2. The Morgan fingerprint density at radius 3 is 1.26 bits per heavy atom. The van der Waals surface area contributed by atoms with Crippen LogP contribution in [0.3, 0.4) is 0 Å². The third-order valence-corrected chi connectivity index (χ3v) is 5.26. The first-order valence-corrected chi connectivity index (χ1v) is 11.3. The Balaban J connectivity index is 1.64. The summed E-state index contributed by atoms with van der Waals surface area (Å²) in [4.78, 5) is 24.9. The molecule has 0 aliphatic rings. The van der Waals surface area contributed by atoms with Crippen LogP contribution in [0, 0.1) is 0 Å². The molecule has 39 heavy (non-hydrogen) atoms. The van der Waals surface area contributed by atoms with Crippen molar-refractivity contribution < 1.29 is 42.4 Å². The van der Waals surface area contributed by atoms with Gasteiger partial charge in [0, 0.05) is 23.3 Å². The van der Waals surface area contributed by atoms with Gasteiger partial charge in [-0.3, -0.25) is 9.59 Å². The third-order valence-electron chi connectivity index (χ3n) is 5.26. The van der Waals surface area contributed by atoms with E-state index < -0.39 is 11.8 Å². The predicted molar refractivity (Wildman–Crippen MR) is 141 cm³/mol. The average molecular weight is 541 g/mol. The number of carbonyl (C=O) groups is 2. The van der Waals surface area contributed by atoms with Crippen LogP contribution >= 0.6 is 0 Å². The highest BCUT2D eigenvalue weighted by Gasteiger charge is 2.16. The van der Waals surface area contributed by atoms with Gasteiger partial charge < -0.3 is 32.8 Å². The van der Waals surface area contributed by atoms with Crippen molar-refractivity contribution in [3.8, 4) is 34.5 Å². The fourth-order valence-electron chi connectivity index (χ4n) is 3.32. The summed E-state index contributed by atoms with van der Waals surface area (Å²) in [6.45, 7) is 0. The predicted octanol–water partition coefficient (Wildman–Crippen LogP) is 2.86. The average Bonchev–Trinajstić information content (AvgIpc) is 3.47. The fraction of sp³-hybridized carbons (Fsp3) is 0.231. The minimum absolute atomic E-state index is 0.137. The van der Waals surface area contributed by atoms with Gasteiger partial charge in [-0.1, -0.05) is 0 Å². The van der Waals surface area contributed by atoms with E-state index >= 15 is 0 Å². The largest absolute Gasteiger partial charge is 0.496 e. The molecule has 0 saturated carbocycles. The number of hydrogen-bond donors (Lipinski definition) is 2. The molecule has 2 amide bonds. The zero-order chi connectivity index (χ0) is 28.4. The molecule has 1 heterocycles. The van der Waals surface area contributed by atoms with Gasteiger partial charge in [0.2, 0.25) is 0 Å². The molecule has 13 heteroatoms. The molecule has 1 aromatic heterocycles. The summed E-state index contributed by atoms with van der Waals surface area (Å²) in [5, 5.41) is 7.84. The molecule has 3 rings (SSSR count). The maximum Gasteiger partial charge on any atom is 0.307 e. The van der Waals surface area contributed by atoms with E-state index in [0.717, 1.165) is 0 Å². The molecular weight excluding hydrogens is 512 g/mol.